The highest BCUT2D eigenvalue weighted by atomic mass is 19.1. The van der Waals surface area contributed by atoms with Crippen LogP contribution < -0.4 is 5.73 Å². The maximum Gasteiger partial charge on any atom is 0.216 e. The SMILES string of the molecule is Nc1ccc2ccc(CF)c(C(F)=C=O)c2n1.O. The molecular weight excluding hydrogens is 242 g/mol. The average Bonchev–Trinajstić information content (AvgIpc) is 2.36. The van der Waals surface area contributed by atoms with Crippen molar-refractivity contribution in [3.05, 3.63) is 35.4 Å². The summed E-state index contributed by atoms with van der Waals surface area (Å²) in [5, 5.41) is 0.580. The molecule has 1 heterocycles. The molecule has 1 aromatic heterocycles. The molecule has 1 aromatic carbocycles. The monoisotopic (exact) mass is 252 g/mol. The molecule has 0 fully saturated rings. The van der Waals surface area contributed by atoms with Crippen molar-refractivity contribution >= 4 is 28.5 Å². The van der Waals surface area contributed by atoms with E-state index in [1.165, 1.54) is 6.07 Å². The fourth-order valence-corrected chi connectivity index (χ4v) is 1.65. The van der Waals surface area contributed by atoms with Gasteiger partial charge in [-0.3, -0.25) is 0 Å². The van der Waals surface area contributed by atoms with Crippen molar-refractivity contribution in [2.45, 2.75) is 6.67 Å². The zero-order valence-electron chi connectivity index (χ0n) is 9.21. The van der Waals surface area contributed by atoms with Crippen LogP contribution in [0, 0.1) is 0 Å². The average molecular weight is 252 g/mol. The summed E-state index contributed by atoms with van der Waals surface area (Å²) in [6.07, 6.45) is 0. The number of pyridine rings is 1. The van der Waals surface area contributed by atoms with E-state index in [0.717, 1.165) is 5.94 Å². The summed E-state index contributed by atoms with van der Waals surface area (Å²) in [4.78, 5) is 14.3. The van der Waals surface area contributed by atoms with Gasteiger partial charge in [0.1, 0.15) is 12.5 Å². The van der Waals surface area contributed by atoms with Gasteiger partial charge in [0.15, 0.2) is 5.94 Å². The Morgan fingerprint density at radius 2 is 2.00 bits per heavy atom. The number of nitrogens with two attached hydrogens (primary N) is 1. The number of hydrogen-bond donors (Lipinski definition) is 1. The van der Waals surface area contributed by atoms with Crippen molar-refractivity contribution in [2.75, 3.05) is 5.73 Å². The Kier molecular flexibility index (Phi) is 4.09. The lowest BCUT2D eigenvalue weighted by molar-refractivity contribution is 0.484. The Balaban J connectivity index is 0.00000162. The number of alkyl halides is 1. The Labute approximate surface area is 101 Å². The Morgan fingerprint density at radius 3 is 2.61 bits per heavy atom. The molecule has 0 aliphatic rings. The number of carbonyl (C=O) groups excluding carboxylic acids is 1. The van der Waals surface area contributed by atoms with Gasteiger partial charge >= 0.3 is 0 Å². The van der Waals surface area contributed by atoms with Crippen LogP contribution in [0.15, 0.2) is 24.3 Å². The lowest BCUT2D eigenvalue weighted by atomic mass is 10.0. The predicted molar refractivity (Wildman–Crippen MR) is 64.8 cm³/mol. The van der Waals surface area contributed by atoms with Crippen LogP contribution in [0.4, 0.5) is 14.6 Å². The van der Waals surface area contributed by atoms with Gasteiger partial charge in [-0.2, -0.15) is 4.39 Å². The largest absolute Gasteiger partial charge is 0.412 e. The molecule has 0 aliphatic carbocycles. The number of fused-ring (bicyclic) bond motifs is 1. The van der Waals surface area contributed by atoms with E-state index in [2.05, 4.69) is 4.98 Å². The van der Waals surface area contributed by atoms with Crippen LogP contribution >= 0.6 is 0 Å². The number of hydrogen-bond acceptors (Lipinski definition) is 3. The van der Waals surface area contributed by atoms with Crippen molar-refractivity contribution in [1.82, 2.24) is 4.98 Å². The molecule has 2 rings (SSSR count). The maximum atomic E-state index is 13.4. The van der Waals surface area contributed by atoms with E-state index in [-0.39, 0.29) is 27.9 Å². The molecule has 94 valence electrons. The quantitative estimate of drug-likeness (QED) is 0.823. The van der Waals surface area contributed by atoms with Gasteiger partial charge in [-0.05, 0) is 17.7 Å². The second-order valence-electron chi connectivity index (χ2n) is 3.46. The number of rotatable bonds is 2. The van der Waals surface area contributed by atoms with Crippen LogP contribution in [-0.4, -0.2) is 16.4 Å². The molecule has 0 saturated carbocycles. The lowest BCUT2D eigenvalue weighted by Crippen LogP contribution is -1.96. The molecule has 4 N–H and O–H groups in total. The third-order valence-electron chi connectivity index (χ3n) is 2.42. The minimum Gasteiger partial charge on any atom is -0.412 e. The first-order valence-electron chi connectivity index (χ1n) is 4.82. The molecular formula is C12H10F2N2O2. The molecule has 0 aliphatic heterocycles. The highest BCUT2D eigenvalue weighted by Gasteiger charge is 2.14. The van der Waals surface area contributed by atoms with Crippen LogP contribution in [0.5, 0.6) is 0 Å². The second kappa shape index (κ2) is 5.35. The van der Waals surface area contributed by atoms with Crippen LogP contribution in [-0.2, 0) is 11.5 Å². The minimum atomic E-state index is -1.17. The van der Waals surface area contributed by atoms with Crippen LogP contribution in [0.2, 0.25) is 0 Å². The first-order chi connectivity index (χ1) is 8.17. The standard InChI is InChI=1S/C12H8F2N2O.H2O/c13-5-8-2-1-7-3-4-10(15)16-12(7)11(8)9(14)6-17;/h1-4H,5H2,(H2,15,16);1H2. The molecule has 0 saturated heterocycles. The molecule has 0 spiro atoms. The fourth-order valence-electron chi connectivity index (χ4n) is 1.65. The zero-order valence-corrected chi connectivity index (χ0v) is 9.21. The molecule has 2 aromatic rings. The van der Waals surface area contributed by atoms with Gasteiger partial charge in [-0.15, -0.1) is 0 Å². The van der Waals surface area contributed by atoms with Crippen LogP contribution in [0.25, 0.3) is 16.7 Å². The van der Waals surface area contributed by atoms with Gasteiger partial charge in [0.2, 0.25) is 5.83 Å². The Morgan fingerprint density at radius 1 is 1.33 bits per heavy atom. The van der Waals surface area contributed by atoms with Crippen LogP contribution in [0.3, 0.4) is 0 Å². The van der Waals surface area contributed by atoms with E-state index in [1.54, 1.807) is 18.2 Å². The molecule has 6 heteroatoms. The molecule has 0 amide bonds. The molecule has 0 atom stereocenters. The van der Waals surface area contributed by atoms with E-state index >= 15 is 0 Å². The van der Waals surface area contributed by atoms with E-state index in [1.807, 2.05) is 0 Å². The van der Waals surface area contributed by atoms with Gasteiger partial charge in [0.05, 0.1) is 11.1 Å². The van der Waals surface area contributed by atoms with Gasteiger partial charge in [-0.25, -0.2) is 14.2 Å². The van der Waals surface area contributed by atoms with Crippen molar-refractivity contribution in [1.29, 1.82) is 0 Å². The second-order valence-corrected chi connectivity index (χ2v) is 3.46. The number of benzene rings is 1. The topological polar surface area (TPSA) is 87.5 Å². The van der Waals surface area contributed by atoms with Gasteiger partial charge in [0, 0.05) is 5.39 Å². The predicted octanol–water partition coefficient (Wildman–Crippen LogP) is 1.60. The number of nitrogen functional groups attached to an aromatic ring is 1. The zero-order chi connectivity index (χ0) is 12.4. The third-order valence-corrected chi connectivity index (χ3v) is 2.42. The van der Waals surface area contributed by atoms with E-state index in [4.69, 9.17) is 5.73 Å². The number of halogens is 2. The molecule has 18 heavy (non-hydrogen) atoms. The highest BCUT2D eigenvalue weighted by Crippen LogP contribution is 2.28. The number of anilines is 1. The summed E-state index contributed by atoms with van der Waals surface area (Å²) in [5.41, 5.74) is 5.54. The molecule has 0 bridgehead atoms. The van der Waals surface area contributed by atoms with E-state index in [0.29, 0.717) is 5.39 Å². The highest BCUT2D eigenvalue weighted by molar-refractivity contribution is 5.97. The van der Waals surface area contributed by atoms with Gasteiger partial charge in [-0.1, -0.05) is 12.1 Å². The Bertz CT molecular complexity index is 637. The van der Waals surface area contributed by atoms with Gasteiger partial charge < -0.3 is 11.2 Å². The smallest absolute Gasteiger partial charge is 0.216 e. The number of nitrogens with zero attached hydrogens (tertiary/aromatic N) is 1. The maximum absolute atomic E-state index is 13.4. The summed E-state index contributed by atoms with van der Waals surface area (Å²) in [6.45, 7) is -0.892. The molecule has 0 unspecified atom stereocenters. The molecule has 4 nitrogen and oxygen atoms in total. The number of aromatic nitrogens is 1. The Hall–Kier alpha value is -2.30. The summed E-state index contributed by atoms with van der Waals surface area (Å²) in [6, 6.07) is 6.18. The third kappa shape index (κ3) is 2.20. The summed E-state index contributed by atoms with van der Waals surface area (Å²) < 4.78 is 26.2. The van der Waals surface area contributed by atoms with Crippen molar-refractivity contribution in [2.24, 2.45) is 0 Å². The summed E-state index contributed by atoms with van der Waals surface area (Å²) in [7, 11) is 0. The first kappa shape index (κ1) is 13.8. The van der Waals surface area contributed by atoms with E-state index < -0.39 is 12.5 Å². The first-order valence-corrected chi connectivity index (χ1v) is 4.82. The fraction of sp³-hybridized carbons (Fsp3) is 0.0833. The normalized spacial score (nSPS) is 9.67. The lowest BCUT2D eigenvalue weighted by Gasteiger charge is -2.07. The minimum absolute atomic E-state index is 0. The van der Waals surface area contributed by atoms with E-state index in [9.17, 15) is 13.6 Å². The summed E-state index contributed by atoms with van der Waals surface area (Å²) >= 11 is 0. The van der Waals surface area contributed by atoms with Crippen LogP contribution in [0.1, 0.15) is 11.1 Å². The van der Waals surface area contributed by atoms with Gasteiger partial charge in [0.25, 0.3) is 0 Å². The van der Waals surface area contributed by atoms with Crippen molar-refractivity contribution in [3.63, 3.8) is 0 Å². The molecule has 0 radical (unpaired) electrons. The summed E-state index contributed by atoms with van der Waals surface area (Å²) in [5.74, 6) is 0.129. The van der Waals surface area contributed by atoms with Crippen molar-refractivity contribution < 1.29 is 19.1 Å². The van der Waals surface area contributed by atoms with Crippen molar-refractivity contribution in [3.8, 4) is 0 Å².